The van der Waals surface area contributed by atoms with Crippen LogP contribution in [0.2, 0.25) is 10.0 Å². The van der Waals surface area contributed by atoms with Gasteiger partial charge in [-0.15, -0.1) is 0 Å². The largest absolute Gasteiger partial charge is 0.330 e. The lowest BCUT2D eigenvalue weighted by atomic mass is 10.0. The van der Waals surface area contributed by atoms with Gasteiger partial charge in [-0.05, 0) is 35.9 Å². The van der Waals surface area contributed by atoms with Gasteiger partial charge < -0.3 is 5.32 Å². The van der Waals surface area contributed by atoms with E-state index in [0.717, 1.165) is 26.6 Å². The number of nitrogens with zero attached hydrogens (tertiary/aromatic N) is 1. The Labute approximate surface area is 154 Å². The minimum atomic E-state index is 0.0242. The number of carbonyl (C=O) groups excluding carboxylic acids is 1. The van der Waals surface area contributed by atoms with Crippen molar-refractivity contribution < 1.29 is 4.79 Å². The Kier molecular flexibility index (Phi) is 5.09. The molecular formula is C18H16Cl2N2OS. The highest BCUT2D eigenvalue weighted by Gasteiger charge is 2.11. The van der Waals surface area contributed by atoms with Gasteiger partial charge in [0.15, 0.2) is 5.13 Å². The molecule has 0 radical (unpaired) electrons. The van der Waals surface area contributed by atoms with E-state index in [2.05, 4.69) is 10.3 Å². The zero-order valence-electron chi connectivity index (χ0n) is 13.3. The Bertz CT molecular complexity index is 905. The quantitative estimate of drug-likeness (QED) is 0.581. The van der Waals surface area contributed by atoms with Crippen LogP contribution in [0.3, 0.4) is 0 Å². The smallest absolute Gasteiger partial charge is 0.188 e. The number of aromatic nitrogens is 1. The van der Waals surface area contributed by atoms with Gasteiger partial charge in [0.2, 0.25) is 0 Å². The topological polar surface area (TPSA) is 42.0 Å². The van der Waals surface area contributed by atoms with Gasteiger partial charge in [0, 0.05) is 17.4 Å². The van der Waals surface area contributed by atoms with E-state index in [0.29, 0.717) is 16.5 Å². The number of nitrogens with one attached hydrogen (secondary N) is 1. The van der Waals surface area contributed by atoms with Gasteiger partial charge in [0.05, 0.1) is 20.9 Å². The zero-order chi connectivity index (χ0) is 17.3. The summed E-state index contributed by atoms with van der Waals surface area (Å²) in [5, 5.41) is 5.24. The minimum absolute atomic E-state index is 0.0242. The van der Waals surface area contributed by atoms with Crippen molar-refractivity contribution in [1.29, 1.82) is 0 Å². The summed E-state index contributed by atoms with van der Waals surface area (Å²) in [6, 6.07) is 11.2. The van der Waals surface area contributed by atoms with Crippen LogP contribution in [-0.2, 0) is 11.2 Å². The summed E-state index contributed by atoms with van der Waals surface area (Å²) >= 11 is 13.9. The summed E-state index contributed by atoms with van der Waals surface area (Å²) in [6.07, 6.45) is 0.400. The van der Waals surface area contributed by atoms with Gasteiger partial charge in [0.25, 0.3) is 0 Å². The van der Waals surface area contributed by atoms with Gasteiger partial charge in [0.1, 0.15) is 5.78 Å². The van der Waals surface area contributed by atoms with Crippen LogP contribution in [0.15, 0.2) is 36.4 Å². The summed E-state index contributed by atoms with van der Waals surface area (Å²) < 4.78 is 1.01. The Balaban J connectivity index is 1.80. The number of anilines is 2. The third-order valence-corrected chi connectivity index (χ3v) is 5.13. The maximum absolute atomic E-state index is 11.8. The molecule has 3 nitrogen and oxygen atoms in total. The number of carbonyl (C=O) groups is 1. The van der Waals surface area contributed by atoms with Crippen LogP contribution in [-0.4, -0.2) is 10.8 Å². The summed E-state index contributed by atoms with van der Waals surface area (Å²) in [7, 11) is 0. The fraction of sp³-hybridized carbons (Fsp3) is 0.222. The minimum Gasteiger partial charge on any atom is -0.330 e. The Morgan fingerprint density at radius 1 is 1.21 bits per heavy atom. The molecule has 2 aromatic carbocycles. The predicted molar refractivity (Wildman–Crippen MR) is 103 cm³/mol. The number of benzene rings is 2. The summed E-state index contributed by atoms with van der Waals surface area (Å²) in [5.74, 6) is 0.228. The lowest BCUT2D eigenvalue weighted by Crippen LogP contribution is -2.10. The van der Waals surface area contributed by atoms with Crippen LogP contribution in [0.4, 0.5) is 10.8 Å². The number of halogens is 2. The van der Waals surface area contributed by atoms with E-state index in [9.17, 15) is 4.79 Å². The molecule has 1 heterocycles. The number of hydrogen-bond acceptors (Lipinski definition) is 4. The molecule has 0 atom stereocenters. The first kappa shape index (κ1) is 17.2. The fourth-order valence-corrected chi connectivity index (χ4v) is 3.65. The molecule has 1 aromatic heterocycles. The Morgan fingerprint density at radius 2 is 2.00 bits per heavy atom. The first-order valence-corrected chi connectivity index (χ1v) is 9.14. The van der Waals surface area contributed by atoms with Crippen LogP contribution in [0.1, 0.15) is 19.4 Å². The van der Waals surface area contributed by atoms with Crippen LogP contribution in [0.25, 0.3) is 10.2 Å². The van der Waals surface area contributed by atoms with Gasteiger partial charge in [-0.2, -0.15) is 0 Å². The lowest BCUT2D eigenvalue weighted by Gasteiger charge is -2.08. The van der Waals surface area contributed by atoms with Crippen LogP contribution in [0, 0.1) is 5.92 Å². The molecule has 24 heavy (non-hydrogen) atoms. The number of ketones is 1. The average Bonchev–Trinajstić information content (AvgIpc) is 2.91. The Morgan fingerprint density at radius 3 is 2.71 bits per heavy atom. The van der Waals surface area contributed by atoms with Gasteiger partial charge >= 0.3 is 0 Å². The highest BCUT2D eigenvalue weighted by molar-refractivity contribution is 7.22. The van der Waals surface area contributed by atoms with Gasteiger partial charge in [-0.1, -0.05) is 54.5 Å². The fourth-order valence-electron chi connectivity index (χ4n) is 2.24. The normalized spacial score (nSPS) is 11.2. The molecule has 0 fully saturated rings. The first-order valence-electron chi connectivity index (χ1n) is 7.56. The third-order valence-electron chi connectivity index (χ3n) is 3.65. The van der Waals surface area contributed by atoms with E-state index in [1.54, 1.807) is 0 Å². The molecule has 0 aliphatic carbocycles. The molecule has 0 saturated carbocycles. The highest BCUT2D eigenvalue weighted by atomic mass is 35.5. The summed E-state index contributed by atoms with van der Waals surface area (Å²) in [5.41, 5.74) is 2.57. The van der Waals surface area contributed by atoms with Crippen molar-refractivity contribution in [1.82, 2.24) is 4.98 Å². The van der Waals surface area contributed by atoms with Crippen LogP contribution >= 0.6 is 34.5 Å². The zero-order valence-corrected chi connectivity index (χ0v) is 15.6. The maximum Gasteiger partial charge on any atom is 0.188 e. The van der Waals surface area contributed by atoms with Crippen molar-refractivity contribution in [2.24, 2.45) is 5.92 Å². The molecule has 0 amide bonds. The van der Waals surface area contributed by atoms with E-state index in [4.69, 9.17) is 23.2 Å². The standard InChI is InChI=1S/C18H16Cl2N2OS/c1-10(2)16(23)8-11-3-5-14(13(20)7-11)21-18-22-15-6-4-12(19)9-17(15)24-18/h3-7,9-10H,8H2,1-2H3,(H,21,22). The van der Waals surface area contributed by atoms with E-state index < -0.39 is 0 Å². The third kappa shape index (κ3) is 3.89. The number of Topliss-reactive ketones (excluding diaryl/α,β-unsaturated/α-hetero) is 1. The van der Waals surface area contributed by atoms with Crippen molar-refractivity contribution >= 4 is 61.4 Å². The van der Waals surface area contributed by atoms with Crippen molar-refractivity contribution in [3.05, 3.63) is 52.0 Å². The number of hydrogen-bond donors (Lipinski definition) is 1. The van der Waals surface area contributed by atoms with Crippen molar-refractivity contribution in [3.8, 4) is 0 Å². The van der Waals surface area contributed by atoms with Crippen LogP contribution in [0.5, 0.6) is 0 Å². The second kappa shape index (κ2) is 7.09. The van der Waals surface area contributed by atoms with Gasteiger partial charge in [-0.3, -0.25) is 4.79 Å². The van der Waals surface area contributed by atoms with Crippen LogP contribution < -0.4 is 5.32 Å². The molecule has 1 N–H and O–H groups in total. The molecule has 0 bridgehead atoms. The maximum atomic E-state index is 11.8. The molecule has 0 spiro atoms. The number of rotatable bonds is 5. The highest BCUT2D eigenvalue weighted by Crippen LogP contribution is 2.32. The molecule has 0 unspecified atom stereocenters. The number of fused-ring (bicyclic) bond motifs is 1. The molecule has 3 aromatic rings. The summed E-state index contributed by atoms with van der Waals surface area (Å²) in [4.78, 5) is 16.4. The van der Waals surface area contributed by atoms with Gasteiger partial charge in [-0.25, -0.2) is 4.98 Å². The SMILES string of the molecule is CC(C)C(=O)Cc1ccc(Nc2nc3ccc(Cl)cc3s2)c(Cl)c1. The predicted octanol–water partition coefficient (Wildman–Crippen LogP) is 6.11. The van der Waals surface area contributed by atoms with Crippen molar-refractivity contribution in [2.45, 2.75) is 20.3 Å². The monoisotopic (exact) mass is 378 g/mol. The van der Waals surface area contributed by atoms with E-state index in [1.807, 2.05) is 50.2 Å². The molecule has 124 valence electrons. The second-order valence-electron chi connectivity index (χ2n) is 5.87. The lowest BCUT2D eigenvalue weighted by molar-refractivity contribution is -0.121. The molecule has 3 rings (SSSR count). The second-order valence-corrected chi connectivity index (χ2v) is 7.74. The summed E-state index contributed by atoms with van der Waals surface area (Å²) in [6.45, 7) is 3.80. The van der Waals surface area contributed by atoms with Crippen molar-refractivity contribution in [3.63, 3.8) is 0 Å². The Hall–Kier alpha value is -1.62. The molecule has 0 saturated heterocycles. The average molecular weight is 379 g/mol. The number of thiazole rings is 1. The van der Waals surface area contributed by atoms with E-state index in [-0.39, 0.29) is 11.7 Å². The van der Waals surface area contributed by atoms with E-state index >= 15 is 0 Å². The molecule has 6 heteroatoms. The molecule has 0 aliphatic heterocycles. The molecular weight excluding hydrogens is 363 g/mol. The first-order chi connectivity index (χ1) is 11.4. The molecule has 0 aliphatic rings. The van der Waals surface area contributed by atoms with E-state index in [1.165, 1.54) is 11.3 Å². The van der Waals surface area contributed by atoms with Crippen molar-refractivity contribution in [2.75, 3.05) is 5.32 Å².